The molecule has 0 fully saturated rings. The average Bonchev–Trinajstić information content (AvgIpc) is 2.34. The van der Waals surface area contributed by atoms with Gasteiger partial charge in [0.05, 0.1) is 0 Å². The van der Waals surface area contributed by atoms with Gasteiger partial charge in [-0.1, -0.05) is 57.5 Å². The molecule has 0 atom stereocenters. The van der Waals surface area contributed by atoms with Crippen molar-refractivity contribution in [2.24, 2.45) is 5.73 Å². The minimum Gasteiger partial charge on any atom is -0.398 e. The van der Waals surface area contributed by atoms with Crippen molar-refractivity contribution in [3.8, 4) is 0 Å². The fourth-order valence-corrected chi connectivity index (χ4v) is 0.970. The molecule has 0 saturated heterocycles. The van der Waals surface area contributed by atoms with Crippen molar-refractivity contribution in [3.05, 3.63) is 40.8 Å². The molecule has 0 amide bonds. The lowest BCUT2D eigenvalue weighted by molar-refractivity contribution is 1.43. The van der Waals surface area contributed by atoms with Gasteiger partial charge in [-0.05, 0) is 17.9 Å². The Kier molecular flexibility index (Phi) is 12.3. The molecule has 1 nitrogen and oxygen atoms in total. The smallest absolute Gasteiger partial charge is 0.0449 e. The van der Waals surface area contributed by atoms with Crippen molar-refractivity contribution in [1.29, 1.82) is 0 Å². The van der Waals surface area contributed by atoms with Crippen LogP contribution in [0.3, 0.4) is 0 Å². The number of rotatable bonds is 1. The summed E-state index contributed by atoms with van der Waals surface area (Å²) >= 11 is 3.97. The maximum Gasteiger partial charge on any atom is 0.0449 e. The van der Waals surface area contributed by atoms with Crippen molar-refractivity contribution < 1.29 is 0 Å². The summed E-state index contributed by atoms with van der Waals surface area (Å²) in [6, 6.07) is 8.02. The normalized spacial score (nSPS) is 9.33. The summed E-state index contributed by atoms with van der Waals surface area (Å²) in [4.78, 5) is 0. The van der Waals surface area contributed by atoms with Crippen LogP contribution in [0.15, 0.2) is 29.7 Å². The van der Waals surface area contributed by atoms with Gasteiger partial charge in [-0.3, -0.25) is 0 Å². The zero-order valence-electron chi connectivity index (χ0n) is 10.4. The van der Waals surface area contributed by atoms with Crippen LogP contribution in [0.5, 0.6) is 0 Å². The Bertz CT molecular complexity index is 262. The fraction of sp³-hybridized carbons (Fsp3) is 0.385. The molecule has 2 heteroatoms. The van der Waals surface area contributed by atoms with Crippen LogP contribution in [0.1, 0.15) is 38.8 Å². The van der Waals surface area contributed by atoms with E-state index in [0.29, 0.717) is 5.70 Å². The third kappa shape index (κ3) is 7.09. The van der Waals surface area contributed by atoms with E-state index in [4.69, 9.17) is 5.73 Å². The van der Waals surface area contributed by atoms with Gasteiger partial charge in [0.25, 0.3) is 0 Å². The Morgan fingerprint density at radius 3 is 1.80 bits per heavy atom. The van der Waals surface area contributed by atoms with Crippen LogP contribution in [-0.2, 0) is 0 Å². The van der Waals surface area contributed by atoms with E-state index in [1.54, 1.807) is 5.41 Å². The number of hydrogen-bond acceptors (Lipinski definition) is 2. The zero-order chi connectivity index (χ0) is 12.3. The van der Waals surface area contributed by atoms with E-state index < -0.39 is 0 Å². The SMILES string of the molecule is CC.CC.Cc1ccc(/C(N)=C/S)cc1. The summed E-state index contributed by atoms with van der Waals surface area (Å²) in [5.74, 6) is 0. The number of benzene rings is 1. The quantitative estimate of drug-likeness (QED) is 0.687. The van der Waals surface area contributed by atoms with Gasteiger partial charge in [-0.25, -0.2) is 0 Å². The third-order valence-electron chi connectivity index (χ3n) is 1.52. The van der Waals surface area contributed by atoms with Gasteiger partial charge < -0.3 is 5.73 Å². The van der Waals surface area contributed by atoms with Crippen LogP contribution in [0.25, 0.3) is 5.70 Å². The van der Waals surface area contributed by atoms with Crippen LogP contribution < -0.4 is 5.73 Å². The van der Waals surface area contributed by atoms with E-state index >= 15 is 0 Å². The predicted molar refractivity (Wildman–Crippen MR) is 75.0 cm³/mol. The second-order valence-electron chi connectivity index (χ2n) is 2.45. The van der Waals surface area contributed by atoms with Crippen molar-refractivity contribution in [2.75, 3.05) is 0 Å². The maximum absolute atomic E-state index is 5.63. The van der Waals surface area contributed by atoms with Gasteiger partial charge in [0.1, 0.15) is 0 Å². The molecule has 0 heterocycles. The molecule has 0 spiro atoms. The lowest BCUT2D eigenvalue weighted by Gasteiger charge is -1.99. The van der Waals surface area contributed by atoms with Crippen molar-refractivity contribution in [1.82, 2.24) is 0 Å². The second-order valence-corrected chi connectivity index (χ2v) is 2.71. The molecule has 1 aromatic carbocycles. The van der Waals surface area contributed by atoms with Gasteiger partial charge in [0, 0.05) is 5.70 Å². The van der Waals surface area contributed by atoms with E-state index in [1.807, 2.05) is 58.9 Å². The highest BCUT2D eigenvalue weighted by Crippen LogP contribution is 2.10. The lowest BCUT2D eigenvalue weighted by atomic mass is 10.1. The Hall–Kier alpha value is -0.890. The molecular weight excluding hydrogens is 202 g/mol. The molecule has 0 unspecified atom stereocenters. The topological polar surface area (TPSA) is 26.0 Å². The summed E-state index contributed by atoms with van der Waals surface area (Å²) in [5.41, 5.74) is 8.59. The van der Waals surface area contributed by atoms with Crippen LogP contribution in [0, 0.1) is 6.92 Å². The number of thiol groups is 1. The predicted octanol–water partition coefficient (Wildman–Crippen LogP) is 4.23. The summed E-state index contributed by atoms with van der Waals surface area (Å²) in [5, 5.41) is 1.60. The van der Waals surface area contributed by atoms with E-state index in [2.05, 4.69) is 12.6 Å². The van der Waals surface area contributed by atoms with Crippen molar-refractivity contribution >= 4 is 18.3 Å². The Labute approximate surface area is 99.8 Å². The van der Waals surface area contributed by atoms with Crippen molar-refractivity contribution in [3.63, 3.8) is 0 Å². The Balaban J connectivity index is 0. The average molecular weight is 225 g/mol. The van der Waals surface area contributed by atoms with Gasteiger partial charge in [-0.15, -0.1) is 12.6 Å². The highest BCUT2D eigenvalue weighted by Gasteiger charge is 1.92. The largest absolute Gasteiger partial charge is 0.398 e. The minimum atomic E-state index is 0.702. The molecule has 0 saturated carbocycles. The van der Waals surface area contributed by atoms with E-state index in [0.717, 1.165) is 5.56 Å². The molecule has 0 bridgehead atoms. The number of hydrogen-bond donors (Lipinski definition) is 2. The monoisotopic (exact) mass is 225 g/mol. The highest BCUT2D eigenvalue weighted by atomic mass is 32.1. The first kappa shape index (κ1) is 16.5. The minimum absolute atomic E-state index is 0.702. The molecule has 1 rings (SSSR count). The maximum atomic E-state index is 5.63. The number of nitrogens with two attached hydrogens (primary N) is 1. The first-order chi connectivity index (χ1) is 7.24. The van der Waals surface area contributed by atoms with Crippen LogP contribution in [0.4, 0.5) is 0 Å². The zero-order valence-corrected chi connectivity index (χ0v) is 11.3. The van der Waals surface area contributed by atoms with E-state index in [9.17, 15) is 0 Å². The molecule has 0 aliphatic rings. The molecule has 2 N–H and O–H groups in total. The summed E-state index contributed by atoms with van der Waals surface area (Å²) in [6.45, 7) is 10.0. The fourth-order valence-electron chi connectivity index (χ4n) is 0.821. The standard InChI is InChI=1S/C9H11NS.2C2H6/c1-7-2-4-8(5-3-7)9(10)6-11;2*1-2/h2-6,11H,10H2,1H3;2*1-2H3/b9-6-;;. The summed E-state index contributed by atoms with van der Waals surface area (Å²) in [6.07, 6.45) is 0. The molecule has 0 radical (unpaired) electrons. The molecule has 0 aromatic heterocycles. The van der Waals surface area contributed by atoms with E-state index in [-0.39, 0.29) is 0 Å². The van der Waals surface area contributed by atoms with Crippen LogP contribution in [0.2, 0.25) is 0 Å². The van der Waals surface area contributed by atoms with E-state index in [1.165, 1.54) is 5.56 Å². The van der Waals surface area contributed by atoms with Crippen LogP contribution >= 0.6 is 12.6 Å². The highest BCUT2D eigenvalue weighted by molar-refractivity contribution is 7.83. The molecule has 15 heavy (non-hydrogen) atoms. The lowest BCUT2D eigenvalue weighted by Crippen LogP contribution is -1.94. The van der Waals surface area contributed by atoms with Crippen molar-refractivity contribution in [2.45, 2.75) is 34.6 Å². The Morgan fingerprint density at radius 1 is 1.07 bits per heavy atom. The van der Waals surface area contributed by atoms with Gasteiger partial charge in [0.2, 0.25) is 0 Å². The van der Waals surface area contributed by atoms with Gasteiger partial charge in [-0.2, -0.15) is 0 Å². The van der Waals surface area contributed by atoms with Gasteiger partial charge in [0.15, 0.2) is 0 Å². The number of aryl methyl sites for hydroxylation is 1. The first-order valence-corrected chi connectivity index (χ1v) is 5.92. The summed E-state index contributed by atoms with van der Waals surface area (Å²) in [7, 11) is 0. The third-order valence-corrected chi connectivity index (χ3v) is 1.80. The molecule has 1 aromatic rings. The molecular formula is C13H23NS. The summed E-state index contributed by atoms with van der Waals surface area (Å²) < 4.78 is 0. The van der Waals surface area contributed by atoms with Gasteiger partial charge >= 0.3 is 0 Å². The second kappa shape index (κ2) is 11.2. The molecule has 0 aliphatic heterocycles. The first-order valence-electron chi connectivity index (χ1n) is 5.41. The van der Waals surface area contributed by atoms with Crippen LogP contribution in [-0.4, -0.2) is 0 Å². The Morgan fingerprint density at radius 2 is 1.47 bits per heavy atom. The molecule has 86 valence electrons. The molecule has 0 aliphatic carbocycles.